The molecule has 16 heavy (non-hydrogen) atoms. The Morgan fingerprint density at radius 1 is 1.62 bits per heavy atom. The van der Waals surface area contributed by atoms with Crippen molar-refractivity contribution in [2.45, 2.75) is 25.1 Å². The van der Waals surface area contributed by atoms with Gasteiger partial charge in [0.1, 0.15) is 17.6 Å². The zero-order valence-electron chi connectivity index (χ0n) is 8.94. The number of aromatic nitrogens is 1. The van der Waals surface area contributed by atoms with Crippen molar-refractivity contribution in [3.63, 3.8) is 0 Å². The van der Waals surface area contributed by atoms with E-state index in [0.29, 0.717) is 24.2 Å². The summed E-state index contributed by atoms with van der Waals surface area (Å²) in [5, 5.41) is 3.04. The average Bonchev–Trinajstić information content (AvgIpc) is 2.27. The number of pyridine rings is 1. The Kier molecular flexibility index (Phi) is 3.03. The molecule has 0 aliphatic heterocycles. The maximum absolute atomic E-state index is 12.6. The van der Waals surface area contributed by atoms with Crippen LogP contribution in [0.3, 0.4) is 0 Å². The lowest BCUT2D eigenvalue weighted by Gasteiger charge is -2.31. The second-order valence-electron chi connectivity index (χ2n) is 3.80. The zero-order chi connectivity index (χ0) is 11.5. The van der Waals surface area contributed by atoms with E-state index in [1.165, 1.54) is 7.11 Å². The number of carbonyl (C=O) groups excluding carboxylic acids is 1. The summed E-state index contributed by atoms with van der Waals surface area (Å²) in [5.74, 6) is 0.0259. The molecule has 0 aromatic carbocycles. The van der Waals surface area contributed by atoms with Gasteiger partial charge in [-0.25, -0.2) is 14.2 Å². The Balaban J connectivity index is 2.10. The van der Waals surface area contributed by atoms with Crippen molar-refractivity contribution in [1.29, 1.82) is 0 Å². The number of nitrogens with zero attached hydrogens (tertiary/aromatic N) is 1. The molecule has 1 aromatic rings. The Morgan fingerprint density at radius 2 is 2.38 bits per heavy atom. The van der Waals surface area contributed by atoms with Crippen LogP contribution in [0.4, 0.5) is 10.2 Å². The van der Waals surface area contributed by atoms with E-state index < -0.39 is 12.1 Å². The molecule has 1 aromatic heterocycles. The van der Waals surface area contributed by atoms with Gasteiger partial charge in [0.25, 0.3) is 0 Å². The predicted octanol–water partition coefficient (Wildman–Crippen LogP) is 1.78. The number of carbonyl (C=O) groups is 1. The number of alkyl halides is 1. The molecule has 0 unspecified atom stereocenters. The Hall–Kier alpha value is -1.65. The van der Waals surface area contributed by atoms with Crippen LogP contribution < -0.4 is 5.32 Å². The van der Waals surface area contributed by atoms with Crippen LogP contribution in [-0.4, -0.2) is 30.3 Å². The van der Waals surface area contributed by atoms with Crippen molar-refractivity contribution in [1.82, 2.24) is 4.98 Å². The average molecular weight is 224 g/mol. The van der Waals surface area contributed by atoms with E-state index in [0.717, 1.165) is 0 Å². The van der Waals surface area contributed by atoms with Crippen molar-refractivity contribution < 1.29 is 13.9 Å². The number of rotatable bonds is 3. The highest BCUT2D eigenvalue weighted by atomic mass is 19.1. The first-order valence-electron chi connectivity index (χ1n) is 5.14. The second kappa shape index (κ2) is 4.47. The molecular weight excluding hydrogens is 211 g/mol. The molecule has 1 aliphatic carbocycles. The van der Waals surface area contributed by atoms with Crippen LogP contribution in [-0.2, 0) is 4.74 Å². The lowest BCUT2D eigenvalue weighted by atomic mass is 9.91. The highest BCUT2D eigenvalue weighted by Crippen LogP contribution is 2.27. The lowest BCUT2D eigenvalue weighted by molar-refractivity contribution is 0.0601. The standard InChI is InChI=1S/C11H13FN2O2/c1-16-11(15)9-3-2-4-13-10(9)14-8-5-7(12)6-8/h2-4,7-8H,5-6H2,1H3,(H,13,14). The Morgan fingerprint density at radius 3 is 3.00 bits per heavy atom. The van der Waals surface area contributed by atoms with Crippen LogP contribution in [0, 0.1) is 0 Å². The molecule has 0 amide bonds. The quantitative estimate of drug-likeness (QED) is 0.795. The first-order chi connectivity index (χ1) is 7.70. The summed E-state index contributed by atoms with van der Waals surface area (Å²) >= 11 is 0. The number of hydrogen-bond donors (Lipinski definition) is 1. The molecule has 1 heterocycles. The van der Waals surface area contributed by atoms with E-state index in [1.807, 2.05) is 0 Å². The molecule has 0 saturated heterocycles. The first-order valence-corrected chi connectivity index (χ1v) is 5.14. The highest BCUT2D eigenvalue weighted by molar-refractivity contribution is 5.94. The van der Waals surface area contributed by atoms with Crippen LogP contribution >= 0.6 is 0 Å². The van der Waals surface area contributed by atoms with Crippen molar-refractivity contribution >= 4 is 11.8 Å². The van der Waals surface area contributed by atoms with Crippen LogP contribution in [0.2, 0.25) is 0 Å². The van der Waals surface area contributed by atoms with Crippen molar-refractivity contribution in [2.24, 2.45) is 0 Å². The number of hydrogen-bond acceptors (Lipinski definition) is 4. The molecule has 86 valence electrons. The van der Waals surface area contributed by atoms with Crippen LogP contribution in [0.15, 0.2) is 18.3 Å². The topological polar surface area (TPSA) is 51.2 Å². The van der Waals surface area contributed by atoms with Crippen molar-refractivity contribution in [3.8, 4) is 0 Å². The monoisotopic (exact) mass is 224 g/mol. The van der Waals surface area contributed by atoms with Gasteiger partial charge in [-0.2, -0.15) is 0 Å². The van der Waals surface area contributed by atoms with Crippen LogP contribution in [0.1, 0.15) is 23.2 Å². The summed E-state index contributed by atoms with van der Waals surface area (Å²) in [6.07, 6.45) is 1.79. The van der Waals surface area contributed by atoms with Gasteiger partial charge in [-0.3, -0.25) is 0 Å². The lowest BCUT2D eigenvalue weighted by Crippen LogP contribution is -2.37. The minimum absolute atomic E-state index is 0.0632. The third kappa shape index (κ3) is 2.13. The van der Waals surface area contributed by atoms with E-state index in [9.17, 15) is 9.18 Å². The molecule has 1 fully saturated rings. The van der Waals surface area contributed by atoms with Crippen LogP contribution in [0.5, 0.6) is 0 Å². The number of ether oxygens (including phenoxy) is 1. The number of nitrogens with one attached hydrogen (secondary N) is 1. The molecule has 5 heteroatoms. The van der Waals surface area contributed by atoms with Gasteiger partial charge in [0.05, 0.1) is 7.11 Å². The third-order valence-electron chi connectivity index (χ3n) is 2.63. The maximum atomic E-state index is 12.6. The fourth-order valence-electron chi connectivity index (χ4n) is 1.65. The first kappa shape index (κ1) is 10.9. The minimum Gasteiger partial charge on any atom is -0.465 e. The molecule has 0 atom stereocenters. The van der Waals surface area contributed by atoms with Gasteiger partial charge >= 0.3 is 5.97 Å². The van der Waals surface area contributed by atoms with E-state index in [2.05, 4.69) is 15.0 Å². The van der Waals surface area contributed by atoms with Gasteiger partial charge < -0.3 is 10.1 Å². The van der Waals surface area contributed by atoms with Gasteiger partial charge in [-0.05, 0) is 25.0 Å². The zero-order valence-corrected chi connectivity index (χ0v) is 8.94. The summed E-state index contributed by atoms with van der Waals surface area (Å²) in [6, 6.07) is 3.36. The number of esters is 1. The second-order valence-corrected chi connectivity index (χ2v) is 3.80. The molecule has 0 radical (unpaired) electrons. The van der Waals surface area contributed by atoms with E-state index >= 15 is 0 Å². The van der Waals surface area contributed by atoms with Gasteiger partial charge in [-0.15, -0.1) is 0 Å². The maximum Gasteiger partial charge on any atom is 0.341 e. The Labute approximate surface area is 92.8 Å². The molecular formula is C11H13FN2O2. The SMILES string of the molecule is COC(=O)c1cccnc1NC1CC(F)C1. The summed E-state index contributed by atoms with van der Waals surface area (Å²) in [6.45, 7) is 0. The largest absolute Gasteiger partial charge is 0.465 e. The fraction of sp³-hybridized carbons (Fsp3) is 0.455. The van der Waals surface area contributed by atoms with E-state index in [1.54, 1.807) is 18.3 Å². The van der Waals surface area contributed by atoms with E-state index in [4.69, 9.17) is 0 Å². The summed E-state index contributed by atoms with van der Waals surface area (Å²) < 4.78 is 17.3. The molecule has 1 N–H and O–H groups in total. The van der Waals surface area contributed by atoms with Crippen LogP contribution in [0.25, 0.3) is 0 Å². The number of anilines is 1. The molecule has 1 saturated carbocycles. The molecule has 1 aliphatic rings. The predicted molar refractivity (Wildman–Crippen MR) is 57.1 cm³/mol. The summed E-state index contributed by atoms with van der Waals surface area (Å²) in [5.41, 5.74) is 0.382. The van der Waals surface area contributed by atoms with Crippen molar-refractivity contribution in [3.05, 3.63) is 23.9 Å². The third-order valence-corrected chi connectivity index (χ3v) is 2.63. The van der Waals surface area contributed by atoms with Gasteiger partial charge in [-0.1, -0.05) is 0 Å². The van der Waals surface area contributed by atoms with Gasteiger partial charge in [0, 0.05) is 12.2 Å². The van der Waals surface area contributed by atoms with Gasteiger partial charge in [0.15, 0.2) is 0 Å². The molecule has 0 bridgehead atoms. The van der Waals surface area contributed by atoms with Crippen molar-refractivity contribution in [2.75, 3.05) is 12.4 Å². The molecule has 0 spiro atoms. The van der Waals surface area contributed by atoms with E-state index in [-0.39, 0.29) is 6.04 Å². The fourth-order valence-corrected chi connectivity index (χ4v) is 1.65. The Bertz CT molecular complexity index is 391. The number of methoxy groups -OCH3 is 1. The minimum atomic E-state index is -0.734. The normalized spacial score (nSPS) is 23.4. The highest BCUT2D eigenvalue weighted by Gasteiger charge is 2.29. The molecule has 2 rings (SSSR count). The summed E-state index contributed by atoms with van der Waals surface area (Å²) in [7, 11) is 1.32. The molecule has 4 nitrogen and oxygen atoms in total. The van der Waals surface area contributed by atoms with Gasteiger partial charge in [0.2, 0.25) is 0 Å². The summed E-state index contributed by atoms with van der Waals surface area (Å²) in [4.78, 5) is 15.5. The number of halogens is 1. The smallest absolute Gasteiger partial charge is 0.341 e.